The quantitative estimate of drug-likeness (QED) is 0.886. The highest BCUT2D eigenvalue weighted by Gasteiger charge is 2.12. The number of aliphatic hydroxyl groups is 1. The molecule has 1 nitrogen and oxygen atoms in total. The third-order valence-corrected chi connectivity index (χ3v) is 3.86. The number of halogens is 2. The average molecular weight is 280 g/mol. The van der Waals surface area contributed by atoms with E-state index in [4.69, 9.17) is 0 Å². The summed E-state index contributed by atoms with van der Waals surface area (Å²) in [5, 5.41) is 9.94. The molecule has 0 radical (unpaired) electrons. The van der Waals surface area contributed by atoms with Crippen LogP contribution in [-0.4, -0.2) is 5.11 Å². The van der Waals surface area contributed by atoms with Gasteiger partial charge in [0, 0.05) is 9.79 Å². The van der Waals surface area contributed by atoms with Gasteiger partial charge in [0.25, 0.3) is 0 Å². The Balaban J connectivity index is 2.30. The smallest absolute Gasteiger partial charge is 0.159 e. The summed E-state index contributed by atoms with van der Waals surface area (Å²) in [6, 6.07) is 11.2. The van der Waals surface area contributed by atoms with E-state index in [0.717, 1.165) is 22.6 Å². The van der Waals surface area contributed by atoms with Gasteiger partial charge in [0.2, 0.25) is 0 Å². The molecule has 19 heavy (non-hydrogen) atoms. The van der Waals surface area contributed by atoms with Crippen LogP contribution in [0.4, 0.5) is 8.78 Å². The summed E-state index contributed by atoms with van der Waals surface area (Å²) in [6.07, 6.45) is 0.0593. The van der Waals surface area contributed by atoms with Crippen LogP contribution < -0.4 is 0 Å². The third-order valence-electron chi connectivity index (χ3n) is 2.78. The summed E-state index contributed by atoms with van der Waals surface area (Å²) in [5.41, 5.74) is 0.805. The van der Waals surface area contributed by atoms with Gasteiger partial charge in [-0.25, -0.2) is 8.78 Å². The third kappa shape index (κ3) is 3.33. The first kappa shape index (κ1) is 14.0. The zero-order chi connectivity index (χ0) is 13.8. The number of aliphatic hydroxyl groups excluding tert-OH is 1. The van der Waals surface area contributed by atoms with Gasteiger partial charge in [0.05, 0.1) is 6.10 Å². The summed E-state index contributed by atoms with van der Waals surface area (Å²) in [7, 11) is 0. The van der Waals surface area contributed by atoms with Crippen molar-refractivity contribution in [1.29, 1.82) is 0 Å². The molecule has 0 aliphatic rings. The zero-order valence-electron chi connectivity index (χ0n) is 10.4. The minimum Gasteiger partial charge on any atom is -0.388 e. The molecule has 0 aliphatic carbocycles. The summed E-state index contributed by atoms with van der Waals surface area (Å²) in [5.74, 6) is -1.72. The highest BCUT2D eigenvalue weighted by Crippen LogP contribution is 2.34. The van der Waals surface area contributed by atoms with Crippen molar-refractivity contribution in [3.63, 3.8) is 0 Å². The Bertz CT molecular complexity index is 572. The predicted octanol–water partition coefficient (Wildman–Crippen LogP) is 4.56. The second kappa shape index (κ2) is 6.17. The van der Waals surface area contributed by atoms with Crippen molar-refractivity contribution < 1.29 is 13.9 Å². The first-order valence-electron chi connectivity index (χ1n) is 6.01. The molecule has 4 heteroatoms. The van der Waals surface area contributed by atoms with Crippen LogP contribution in [0.2, 0.25) is 0 Å². The van der Waals surface area contributed by atoms with Crippen LogP contribution in [0.25, 0.3) is 0 Å². The lowest BCUT2D eigenvalue weighted by atomic mass is 10.1. The number of rotatable bonds is 4. The molecular formula is C15H14F2OS. The van der Waals surface area contributed by atoms with Gasteiger partial charge in [-0.3, -0.25) is 0 Å². The molecular weight excluding hydrogens is 266 g/mol. The van der Waals surface area contributed by atoms with Crippen molar-refractivity contribution in [3.8, 4) is 0 Å². The number of hydrogen-bond acceptors (Lipinski definition) is 2. The summed E-state index contributed by atoms with van der Waals surface area (Å²) >= 11 is 1.31. The van der Waals surface area contributed by atoms with E-state index < -0.39 is 17.7 Å². The van der Waals surface area contributed by atoms with Crippen molar-refractivity contribution in [2.45, 2.75) is 29.2 Å². The fraction of sp³-hybridized carbons (Fsp3) is 0.200. The van der Waals surface area contributed by atoms with E-state index in [2.05, 4.69) is 0 Å². The number of benzene rings is 2. The summed E-state index contributed by atoms with van der Waals surface area (Å²) < 4.78 is 26.0. The monoisotopic (exact) mass is 280 g/mol. The molecule has 0 amide bonds. The highest BCUT2D eigenvalue weighted by atomic mass is 32.2. The fourth-order valence-electron chi connectivity index (χ4n) is 1.74. The van der Waals surface area contributed by atoms with Gasteiger partial charge < -0.3 is 5.11 Å². The van der Waals surface area contributed by atoms with E-state index in [0.29, 0.717) is 11.3 Å². The zero-order valence-corrected chi connectivity index (χ0v) is 11.3. The molecule has 0 saturated carbocycles. The molecule has 2 aromatic rings. The van der Waals surface area contributed by atoms with Crippen LogP contribution in [0, 0.1) is 11.6 Å². The SMILES string of the molecule is CC[C@H](O)c1ccccc1Sc1ccc(F)c(F)c1. The molecule has 0 fully saturated rings. The molecule has 0 aromatic heterocycles. The van der Waals surface area contributed by atoms with Gasteiger partial charge in [-0.15, -0.1) is 0 Å². The van der Waals surface area contributed by atoms with Gasteiger partial charge in [-0.2, -0.15) is 0 Å². The van der Waals surface area contributed by atoms with Crippen molar-refractivity contribution in [2.75, 3.05) is 0 Å². The van der Waals surface area contributed by atoms with Crippen LogP contribution in [0.15, 0.2) is 52.3 Å². The highest BCUT2D eigenvalue weighted by molar-refractivity contribution is 7.99. The second-order valence-electron chi connectivity index (χ2n) is 4.14. The van der Waals surface area contributed by atoms with Crippen LogP contribution in [0.3, 0.4) is 0 Å². The van der Waals surface area contributed by atoms with E-state index in [1.807, 2.05) is 31.2 Å². The standard InChI is InChI=1S/C15H14F2OS/c1-2-14(18)11-5-3-4-6-15(11)19-10-7-8-12(16)13(17)9-10/h3-9,14,18H,2H2,1H3/t14-/m0/s1. The minimum atomic E-state index is -0.862. The molecule has 0 heterocycles. The molecule has 0 bridgehead atoms. The van der Waals surface area contributed by atoms with Crippen LogP contribution in [-0.2, 0) is 0 Å². The summed E-state index contributed by atoms with van der Waals surface area (Å²) in [4.78, 5) is 1.46. The lowest BCUT2D eigenvalue weighted by molar-refractivity contribution is 0.171. The molecule has 100 valence electrons. The van der Waals surface area contributed by atoms with Gasteiger partial charge in [0.1, 0.15) is 0 Å². The Hall–Kier alpha value is -1.39. The fourth-order valence-corrected chi connectivity index (χ4v) is 2.76. The van der Waals surface area contributed by atoms with Gasteiger partial charge in [-0.1, -0.05) is 36.9 Å². The lowest BCUT2D eigenvalue weighted by Crippen LogP contribution is -1.97. The molecule has 0 aliphatic heterocycles. The molecule has 1 N–H and O–H groups in total. The van der Waals surface area contributed by atoms with E-state index >= 15 is 0 Å². The maximum atomic E-state index is 13.2. The van der Waals surface area contributed by atoms with E-state index in [1.54, 1.807) is 0 Å². The first-order valence-corrected chi connectivity index (χ1v) is 6.83. The minimum absolute atomic E-state index is 0.547. The Kier molecular flexibility index (Phi) is 4.56. The van der Waals surface area contributed by atoms with Crippen LogP contribution in [0.5, 0.6) is 0 Å². The second-order valence-corrected chi connectivity index (χ2v) is 5.26. The van der Waals surface area contributed by atoms with Gasteiger partial charge in [-0.05, 0) is 36.2 Å². The average Bonchev–Trinajstić information content (AvgIpc) is 2.43. The summed E-state index contributed by atoms with van der Waals surface area (Å²) in [6.45, 7) is 1.89. The maximum absolute atomic E-state index is 13.2. The molecule has 2 aromatic carbocycles. The van der Waals surface area contributed by atoms with E-state index in [1.165, 1.54) is 17.8 Å². The van der Waals surface area contributed by atoms with Gasteiger partial charge >= 0.3 is 0 Å². The molecule has 0 unspecified atom stereocenters. The van der Waals surface area contributed by atoms with Crippen molar-refractivity contribution in [1.82, 2.24) is 0 Å². The number of hydrogen-bond donors (Lipinski definition) is 1. The van der Waals surface area contributed by atoms with Crippen molar-refractivity contribution >= 4 is 11.8 Å². The van der Waals surface area contributed by atoms with E-state index in [9.17, 15) is 13.9 Å². The van der Waals surface area contributed by atoms with Crippen molar-refractivity contribution in [2.24, 2.45) is 0 Å². The molecule has 0 saturated heterocycles. The predicted molar refractivity (Wildman–Crippen MR) is 72.2 cm³/mol. The lowest BCUT2D eigenvalue weighted by Gasteiger charge is -2.13. The Morgan fingerprint density at radius 1 is 1.11 bits per heavy atom. The van der Waals surface area contributed by atoms with Crippen molar-refractivity contribution in [3.05, 3.63) is 59.7 Å². The first-order chi connectivity index (χ1) is 9.11. The molecule has 2 rings (SSSR count). The Labute approximate surface area is 115 Å². The maximum Gasteiger partial charge on any atom is 0.159 e. The Morgan fingerprint density at radius 3 is 2.53 bits per heavy atom. The van der Waals surface area contributed by atoms with E-state index in [-0.39, 0.29) is 0 Å². The van der Waals surface area contributed by atoms with Crippen LogP contribution >= 0.6 is 11.8 Å². The largest absolute Gasteiger partial charge is 0.388 e. The molecule has 1 atom stereocenters. The normalized spacial score (nSPS) is 12.4. The van der Waals surface area contributed by atoms with Gasteiger partial charge in [0.15, 0.2) is 11.6 Å². The topological polar surface area (TPSA) is 20.2 Å². The Morgan fingerprint density at radius 2 is 1.84 bits per heavy atom. The van der Waals surface area contributed by atoms with Crippen LogP contribution in [0.1, 0.15) is 25.0 Å². The molecule has 0 spiro atoms.